The van der Waals surface area contributed by atoms with Crippen LogP contribution in [-0.4, -0.2) is 13.0 Å². The molecule has 0 heterocycles. The summed E-state index contributed by atoms with van der Waals surface area (Å²) in [7, 11) is 1.62. The highest BCUT2D eigenvalue weighted by Gasteiger charge is 2.27. The highest BCUT2D eigenvalue weighted by Crippen LogP contribution is 2.40. The molecule has 3 nitrogen and oxygen atoms in total. The van der Waals surface area contributed by atoms with E-state index in [1.807, 2.05) is 32.0 Å². The SMILES string of the molecule is CNC(=O)c1cc(C)c(-c2ccc(F)c3c2CC[C@H]3N)c(C)c1. The molecule has 1 aliphatic rings. The van der Waals surface area contributed by atoms with Gasteiger partial charge in [0.05, 0.1) is 0 Å². The third-order valence-corrected chi connectivity index (χ3v) is 4.67. The lowest BCUT2D eigenvalue weighted by Gasteiger charge is -2.17. The van der Waals surface area contributed by atoms with Gasteiger partial charge in [0, 0.05) is 24.2 Å². The predicted octanol–water partition coefficient (Wildman–Crippen LogP) is 3.42. The van der Waals surface area contributed by atoms with Crippen LogP contribution in [0.4, 0.5) is 4.39 Å². The van der Waals surface area contributed by atoms with Gasteiger partial charge in [-0.2, -0.15) is 0 Å². The van der Waals surface area contributed by atoms with Gasteiger partial charge in [-0.15, -0.1) is 0 Å². The van der Waals surface area contributed by atoms with Gasteiger partial charge in [0.15, 0.2) is 0 Å². The topological polar surface area (TPSA) is 55.1 Å². The van der Waals surface area contributed by atoms with Crippen molar-refractivity contribution in [1.29, 1.82) is 0 Å². The summed E-state index contributed by atoms with van der Waals surface area (Å²) in [6.07, 6.45) is 1.57. The highest BCUT2D eigenvalue weighted by molar-refractivity contribution is 5.95. The van der Waals surface area contributed by atoms with E-state index in [4.69, 9.17) is 5.73 Å². The minimum absolute atomic E-state index is 0.103. The van der Waals surface area contributed by atoms with Gasteiger partial charge in [0.2, 0.25) is 0 Å². The molecule has 3 N–H and O–H groups in total. The molecule has 4 heteroatoms. The van der Waals surface area contributed by atoms with Crippen LogP contribution in [0.25, 0.3) is 11.1 Å². The van der Waals surface area contributed by atoms with Crippen molar-refractivity contribution in [2.75, 3.05) is 7.05 Å². The number of rotatable bonds is 2. The minimum atomic E-state index is -0.226. The van der Waals surface area contributed by atoms with Gasteiger partial charge in [-0.05, 0) is 72.7 Å². The van der Waals surface area contributed by atoms with Crippen molar-refractivity contribution in [3.8, 4) is 11.1 Å². The van der Waals surface area contributed by atoms with Crippen LogP contribution < -0.4 is 11.1 Å². The summed E-state index contributed by atoms with van der Waals surface area (Å²) in [6, 6.07) is 6.87. The fraction of sp³-hybridized carbons (Fsp3) is 0.316. The number of hydrogen-bond acceptors (Lipinski definition) is 2. The zero-order valence-corrected chi connectivity index (χ0v) is 13.7. The average Bonchev–Trinajstić information content (AvgIpc) is 2.91. The van der Waals surface area contributed by atoms with Crippen LogP contribution in [0.5, 0.6) is 0 Å². The van der Waals surface area contributed by atoms with E-state index in [-0.39, 0.29) is 17.8 Å². The average molecular weight is 312 g/mol. The fourth-order valence-electron chi connectivity index (χ4n) is 3.65. The van der Waals surface area contributed by atoms with Crippen molar-refractivity contribution >= 4 is 5.91 Å². The molecule has 1 amide bonds. The highest BCUT2D eigenvalue weighted by atomic mass is 19.1. The second-order valence-corrected chi connectivity index (χ2v) is 6.20. The van der Waals surface area contributed by atoms with Crippen molar-refractivity contribution in [2.24, 2.45) is 5.73 Å². The van der Waals surface area contributed by atoms with Gasteiger partial charge in [0.25, 0.3) is 5.91 Å². The van der Waals surface area contributed by atoms with E-state index in [0.717, 1.165) is 40.7 Å². The molecule has 1 atom stereocenters. The Morgan fingerprint density at radius 2 is 1.91 bits per heavy atom. The van der Waals surface area contributed by atoms with Crippen LogP contribution in [-0.2, 0) is 6.42 Å². The molecule has 120 valence electrons. The molecule has 0 saturated carbocycles. The van der Waals surface area contributed by atoms with E-state index in [2.05, 4.69) is 5.32 Å². The molecule has 0 saturated heterocycles. The van der Waals surface area contributed by atoms with Gasteiger partial charge in [-0.25, -0.2) is 4.39 Å². The summed E-state index contributed by atoms with van der Waals surface area (Å²) >= 11 is 0. The first kappa shape index (κ1) is 15.7. The smallest absolute Gasteiger partial charge is 0.251 e. The number of nitrogens with two attached hydrogens (primary N) is 1. The van der Waals surface area contributed by atoms with Gasteiger partial charge in [-0.3, -0.25) is 4.79 Å². The number of halogens is 1. The Balaban J connectivity index is 2.20. The Morgan fingerprint density at radius 1 is 1.26 bits per heavy atom. The molecule has 1 aliphatic carbocycles. The Bertz CT molecular complexity index is 775. The second-order valence-electron chi connectivity index (χ2n) is 6.20. The largest absolute Gasteiger partial charge is 0.355 e. The maximum absolute atomic E-state index is 14.1. The first-order valence-electron chi connectivity index (χ1n) is 7.84. The van der Waals surface area contributed by atoms with E-state index >= 15 is 0 Å². The Hall–Kier alpha value is -2.20. The number of hydrogen-bond donors (Lipinski definition) is 2. The molecule has 0 unspecified atom stereocenters. The molecule has 0 spiro atoms. The fourth-order valence-corrected chi connectivity index (χ4v) is 3.65. The first-order chi connectivity index (χ1) is 10.9. The van der Waals surface area contributed by atoms with Crippen molar-refractivity contribution in [3.63, 3.8) is 0 Å². The lowest BCUT2D eigenvalue weighted by Crippen LogP contribution is -2.18. The second kappa shape index (κ2) is 5.78. The number of aryl methyl sites for hydroxylation is 2. The Labute approximate surface area is 135 Å². The quantitative estimate of drug-likeness (QED) is 0.893. The molecule has 23 heavy (non-hydrogen) atoms. The monoisotopic (exact) mass is 312 g/mol. The van der Waals surface area contributed by atoms with E-state index in [1.165, 1.54) is 6.07 Å². The molecule has 0 fully saturated rings. The van der Waals surface area contributed by atoms with E-state index < -0.39 is 0 Å². The summed E-state index contributed by atoms with van der Waals surface area (Å²) in [6.45, 7) is 3.97. The number of nitrogens with one attached hydrogen (secondary N) is 1. The molecule has 0 aromatic heterocycles. The summed E-state index contributed by atoms with van der Waals surface area (Å²) in [4.78, 5) is 11.9. The van der Waals surface area contributed by atoms with Crippen LogP contribution in [0, 0.1) is 19.7 Å². The molecule has 0 aliphatic heterocycles. The van der Waals surface area contributed by atoms with Crippen LogP contribution in [0.2, 0.25) is 0 Å². The normalized spacial score (nSPS) is 16.3. The third kappa shape index (κ3) is 2.53. The van der Waals surface area contributed by atoms with Gasteiger partial charge in [-0.1, -0.05) is 6.07 Å². The standard InChI is InChI=1S/C19H21FN2O/c1-10-8-12(19(23)22-3)9-11(2)17(10)13-4-6-15(20)18-14(13)5-7-16(18)21/h4,6,8-9,16H,5,7,21H2,1-3H3,(H,22,23)/t16-/m1/s1. The molecule has 0 radical (unpaired) electrons. The maximum Gasteiger partial charge on any atom is 0.251 e. The summed E-state index contributed by atoms with van der Waals surface area (Å²) in [5.41, 5.74) is 12.5. The van der Waals surface area contributed by atoms with Crippen LogP contribution in [0.3, 0.4) is 0 Å². The summed E-state index contributed by atoms with van der Waals surface area (Å²) in [5, 5.41) is 2.64. The van der Waals surface area contributed by atoms with E-state index in [0.29, 0.717) is 11.1 Å². The van der Waals surface area contributed by atoms with Gasteiger partial charge in [0.1, 0.15) is 5.82 Å². The lowest BCUT2D eigenvalue weighted by molar-refractivity contribution is 0.0963. The molecule has 3 rings (SSSR count). The Kier molecular flexibility index (Phi) is 3.94. The molecular weight excluding hydrogens is 291 g/mol. The van der Waals surface area contributed by atoms with Crippen molar-refractivity contribution < 1.29 is 9.18 Å². The maximum atomic E-state index is 14.1. The first-order valence-corrected chi connectivity index (χ1v) is 7.84. The number of benzene rings is 2. The van der Waals surface area contributed by atoms with Crippen molar-refractivity contribution in [3.05, 3.63) is 57.9 Å². The molecule has 0 bridgehead atoms. The third-order valence-electron chi connectivity index (χ3n) is 4.67. The predicted molar refractivity (Wildman–Crippen MR) is 89.9 cm³/mol. The zero-order valence-electron chi connectivity index (χ0n) is 13.7. The summed E-state index contributed by atoms with van der Waals surface area (Å²) < 4.78 is 14.1. The number of amides is 1. The van der Waals surface area contributed by atoms with Crippen molar-refractivity contribution in [2.45, 2.75) is 32.7 Å². The molecule has 2 aromatic rings. The summed E-state index contributed by atoms with van der Waals surface area (Å²) in [5.74, 6) is -0.319. The van der Waals surface area contributed by atoms with Crippen LogP contribution in [0.15, 0.2) is 24.3 Å². The number of carbonyl (C=O) groups excluding carboxylic acids is 1. The van der Waals surface area contributed by atoms with E-state index in [9.17, 15) is 9.18 Å². The molecular formula is C19H21FN2O. The van der Waals surface area contributed by atoms with Gasteiger partial charge < -0.3 is 11.1 Å². The lowest BCUT2D eigenvalue weighted by atomic mass is 9.89. The zero-order chi connectivity index (χ0) is 16.7. The number of carbonyl (C=O) groups is 1. The van der Waals surface area contributed by atoms with Crippen LogP contribution in [0.1, 0.15) is 45.1 Å². The Morgan fingerprint density at radius 3 is 2.52 bits per heavy atom. The molecule has 2 aromatic carbocycles. The van der Waals surface area contributed by atoms with Gasteiger partial charge >= 0.3 is 0 Å². The number of fused-ring (bicyclic) bond motifs is 1. The van der Waals surface area contributed by atoms with Crippen molar-refractivity contribution in [1.82, 2.24) is 5.32 Å². The van der Waals surface area contributed by atoms with Crippen LogP contribution >= 0.6 is 0 Å². The van der Waals surface area contributed by atoms with E-state index in [1.54, 1.807) is 7.05 Å². The minimum Gasteiger partial charge on any atom is -0.355 e.